The van der Waals surface area contributed by atoms with Crippen molar-refractivity contribution in [2.45, 2.75) is 25.9 Å². The summed E-state index contributed by atoms with van der Waals surface area (Å²) in [6.45, 7) is 1.68. The molecule has 0 aliphatic carbocycles. The van der Waals surface area contributed by atoms with E-state index in [0.717, 1.165) is 5.57 Å². The maximum atomic E-state index is 11.0. The number of hydrogen-bond donors (Lipinski definition) is 1. The lowest BCUT2D eigenvalue weighted by atomic mass is 10.1. The highest BCUT2D eigenvalue weighted by Gasteiger charge is 2.18. The standard InChI is InChI=1S/C8H14O3S/c1-7(9)6-8-2-4-12(10,11)5-3-8/h6-7,9H,2-5H2,1H3. The van der Waals surface area contributed by atoms with Gasteiger partial charge in [-0.2, -0.15) is 0 Å². The van der Waals surface area contributed by atoms with Crippen LogP contribution in [0.3, 0.4) is 0 Å². The van der Waals surface area contributed by atoms with E-state index in [2.05, 4.69) is 0 Å². The maximum absolute atomic E-state index is 11.0. The first-order chi connectivity index (χ1) is 5.49. The van der Waals surface area contributed by atoms with Crippen molar-refractivity contribution in [2.24, 2.45) is 0 Å². The number of aliphatic hydroxyl groups excluding tert-OH is 1. The lowest BCUT2D eigenvalue weighted by molar-refractivity contribution is 0.242. The quantitative estimate of drug-likeness (QED) is 0.613. The Balaban J connectivity index is 2.58. The van der Waals surface area contributed by atoms with E-state index in [1.807, 2.05) is 0 Å². The van der Waals surface area contributed by atoms with Gasteiger partial charge in [-0.05, 0) is 19.8 Å². The molecule has 1 unspecified atom stereocenters. The average Bonchev–Trinajstić information content (AvgIpc) is 1.93. The Morgan fingerprint density at radius 3 is 2.33 bits per heavy atom. The zero-order valence-corrected chi connectivity index (χ0v) is 7.97. The zero-order valence-electron chi connectivity index (χ0n) is 7.16. The highest BCUT2D eigenvalue weighted by molar-refractivity contribution is 7.91. The van der Waals surface area contributed by atoms with Gasteiger partial charge in [0.05, 0.1) is 17.6 Å². The monoisotopic (exact) mass is 190 g/mol. The van der Waals surface area contributed by atoms with Crippen LogP contribution in [0.25, 0.3) is 0 Å². The summed E-state index contributed by atoms with van der Waals surface area (Å²) < 4.78 is 22.0. The Kier molecular flexibility index (Phi) is 2.90. The molecule has 1 rings (SSSR count). The highest BCUT2D eigenvalue weighted by atomic mass is 32.2. The summed E-state index contributed by atoms with van der Waals surface area (Å²) in [4.78, 5) is 0. The van der Waals surface area contributed by atoms with Gasteiger partial charge in [0, 0.05) is 0 Å². The van der Waals surface area contributed by atoms with Crippen LogP contribution in [-0.4, -0.2) is 31.1 Å². The second-order valence-electron chi connectivity index (χ2n) is 3.22. The first-order valence-electron chi connectivity index (χ1n) is 4.08. The molecular weight excluding hydrogens is 176 g/mol. The minimum atomic E-state index is -2.77. The molecule has 0 radical (unpaired) electrons. The molecule has 0 aromatic carbocycles. The van der Waals surface area contributed by atoms with Crippen LogP contribution in [0.1, 0.15) is 19.8 Å². The smallest absolute Gasteiger partial charge is 0.150 e. The van der Waals surface area contributed by atoms with E-state index in [4.69, 9.17) is 5.11 Å². The first kappa shape index (κ1) is 9.74. The van der Waals surface area contributed by atoms with Crippen LogP contribution < -0.4 is 0 Å². The molecule has 1 aliphatic heterocycles. The van der Waals surface area contributed by atoms with Crippen molar-refractivity contribution >= 4 is 9.84 Å². The zero-order chi connectivity index (χ0) is 9.19. The van der Waals surface area contributed by atoms with Crippen LogP contribution in [0.2, 0.25) is 0 Å². The molecule has 0 spiro atoms. The van der Waals surface area contributed by atoms with E-state index in [1.165, 1.54) is 0 Å². The van der Waals surface area contributed by atoms with Crippen LogP contribution in [0.4, 0.5) is 0 Å². The average molecular weight is 190 g/mol. The largest absolute Gasteiger partial charge is 0.389 e. The summed E-state index contributed by atoms with van der Waals surface area (Å²) in [6.07, 6.45) is 2.47. The SMILES string of the molecule is CC(O)C=C1CCS(=O)(=O)CC1. The van der Waals surface area contributed by atoms with Gasteiger partial charge in [0.2, 0.25) is 0 Å². The number of aliphatic hydroxyl groups is 1. The topological polar surface area (TPSA) is 54.4 Å². The predicted octanol–water partition coefficient (Wildman–Crippen LogP) is 0.502. The molecule has 3 nitrogen and oxygen atoms in total. The number of rotatable bonds is 1. The Morgan fingerprint density at radius 1 is 1.42 bits per heavy atom. The van der Waals surface area contributed by atoms with Crippen LogP contribution in [-0.2, 0) is 9.84 Å². The van der Waals surface area contributed by atoms with Gasteiger partial charge in [0.25, 0.3) is 0 Å². The fourth-order valence-electron chi connectivity index (χ4n) is 1.31. The van der Waals surface area contributed by atoms with Crippen LogP contribution >= 0.6 is 0 Å². The van der Waals surface area contributed by atoms with Gasteiger partial charge in [-0.1, -0.05) is 11.6 Å². The molecule has 1 heterocycles. The summed E-state index contributed by atoms with van der Waals surface area (Å²) in [7, 11) is -2.77. The van der Waals surface area contributed by atoms with Crippen LogP contribution in [0.15, 0.2) is 11.6 Å². The van der Waals surface area contributed by atoms with Gasteiger partial charge in [0.1, 0.15) is 0 Å². The second kappa shape index (κ2) is 3.58. The molecule has 0 aromatic rings. The molecule has 0 aromatic heterocycles. The molecule has 70 valence electrons. The van der Waals surface area contributed by atoms with Gasteiger partial charge < -0.3 is 5.11 Å². The lowest BCUT2D eigenvalue weighted by Gasteiger charge is -2.14. The fraction of sp³-hybridized carbons (Fsp3) is 0.750. The summed E-state index contributed by atoms with van der Waals surface area (Å²) in [5.74, 6) is 0.483. The van der Waals surface area contributed by atoms with Crippen molar-refractivity contribution in [3.63, 3.8) is 0 Å². The van der Waals surface area contributed by atoms with E-state index in [0.29, 0.717) is 12.8 Å². The van der Waals surface area contributed by atoms with E-state index < -0.39 is 15.9 Å². The summed E-state index contributed by atoms with van der Waals surface area (Å²) in [5, 5.41) is 9.01. The van der Waals surface area contributed by atoms with E-state index >= 15 is 0 Å². The molecule has 1 aliphatic rings. The molecule has 1 N–H and O–H groups in total. The van der Waals surface area contributed by atoms with Crippen molar-refractivity contribution in [3.05, 3.63) is 11.6 Å². The summed E-state index contributed by atoms with van der Waals surface area (Å²) in [5.41, 5.74) is 1.07. The van der Waals surface area contributed by atoms with Crippen molar-refractivity contribution in [1.29, 1.82) is 0 Å². The first-order valence-corrected chi connectivity index (χ1v) is 5.90. The van der Waals surface area contributed by atoms with Crippen molar-refractivity contribution in [2.75, 3.05) is 11.5 Å². The van der Waals surface area contributed by atoms with Gasteiger partial charge in [0.15, 0.2) is 9.84 Å². The minimum absolute atomic E-state index is 0.242. The molecule has 1 fully saturated rings. The molecule has 12 heavy (non-hydrogen) atoms. The van der Waals surface area contributed by atoms with E-state index in [9.17, 15) is 8.42 Å². The Hall–Kier alpha value is -0.350. The normalized spacial score (nSPS) is 25.0. The van der Waals surface area contributed by atoms with E-state index in [-0.39, 0.29) is 11.5 Å². The fourth-order valence-corrected chi connectivity index (χ4v) is 2.66. The Labute approximate surface area is 73.0 Å². The number of sulfone groups is 1. The lowest BCUT2D eigenvalue weighted by Crippen LogP contribution is -2.18. The molecule has 4 heteroatoms. The third kappa shape index (κ3) is 2.95. The summed E-state index contributed by atoms with van der Waals surface area (Å²) in [6, 6.07) is 0. The van der Waals surface area contributed by atoms with Gasteiger partial charge in [-0.25, -0.2) is 8.42 Å². The van der Waals surface area contributed by atoms with Gasteiger partial charge in [-0.15, -0.1) is 0 Å². The molecule has 1 saturated heterocycles. The van der Waals surface area contributed by atoms with E-state index in [1.54, 1.807) is 13.0 Å². The molecular formula is C8H14O3S. The van der Waals surface area contributed by atoms with Crippen molar-refractivity contribution < 1.29 is 13.5 Å². The second-order valence-corrected chi connectivity index (χ2v) is 5.52. The number of hydrogen-bond acceptors (Lipinski definition) is 3. The summed E-state index contributed by atoms with van der Waals surface area (Å²) >= 11 is 0. The molecule has 0 saturated carbocycles. The maximum Gasteiger partial charge on any atom is 0.150 e. The van der Waals surface area contributed by atoms with Gasteiger partial charge in [-0.3, -0.25) is 0 Å². The predicted molar refractivity (Wildman–Crippen MR) is 47.7 cm³/mol. The number of allylic oxidation sites excluding steroid dienone is 1. The molecule has 1 atom stereocenters. The third-order valence-corrected chi connectivity index (χ3v) is 3.60. The van der Waals surface area contributed by atoms with Crippen LogP contribution in [0, 0.1) is 0 Å². The van der Waals surface area contributed by atoms with Crippen molar-refractivity contribution in [3.8, 4) is 0 Å². The highest BCUT2D eigenvalue weighted by Crippen LogP contribution is 2.17. The Bertz CT molecular complexity index is 259. The molecule has 0 bridgehead atoms. The van der Waals surface area contributed by atoms with Crippen molar-refractivity contribution in [1.82, 2.24) is 0 Å². The van der Waals surface area contributed by atoms with Gasteiger partial charge >= 0.3 is 0 Å². The molecule has 0 amide bonds. The Morgan fingerprint density at radius 2 is 1.92 bits per heavy atom. The minimum Gasteiger partial charge on any atom is -0.389 e. The van der Waals surface area contributed by atoms with Crippen LogP contribution in [0.5, 0.6) is 0 Å². The third-order valence-electron chi connectivity index (χ3n) is 1.95.